The van der Waals surface area contributed by atoms with E-state index >= 15 is 0 Å². The van der Waals surface area contributed by atoms with Crippen molar-refractivity contribution in [1.29, 1.82) is 0 Å². The topological polar surface area (TPSA) is 104 Å². The number of rotatable bonds is 3. The smallest absolute Gasteiger partial charge is 0.353 e. The van der Waals surface area contributed by atoms with Gasteiger partial charge in [-0.05, 0) is 24.6 Å². The van der Waals surface area contributed by atoms with E-state index in [0.29, 0.717) is 16.2 Å². The molecule has 6 nitrogen and oxygen atoms in total. The van der Waals surface area contributed by atoms with Crippen molar-refractivity contribution in [1.82, 2.24) is 4.90 Å². The van der Waals surface area contributed by atoms with Crippen molar-refractivity contribution in [2.24, 2.45) is 5.92 Å². The highest BCUT2D eigenvalue weighted by atomic mass is 32.2. The Morgan fingerprint density at radius 3 is 2.52 bits per heavy atom. The van der Waals surface area contributed by atoms with Gasteiger partial charge in [-0.15, -0.1) is 0 Å². The molecule has 21 heavy (non-hydrogen) atoms. The second kappa shape index (κ2) is 4.78. The largest absolute Gasteiger partial charge is 0.477 e. The van der Waals surface area contributed by atoms with Crippen LogP contribution in [0.1, 0.15) is 12.5 Å². The van der Waals surface area contributed by atoms with Gasteiger partial charge in [-0.3, -0.25) is 9.69 Å². The maximum Gasteiger partial charge on any atom is 0.353 e. The molecule has 4 N–H and O–H groups in total. The average Bonchev–Trinajstić information content (AvgIpc) is 2.74. The van der Waals surface area contributed by atoms with Crippen molar-refractivity contribution in [3.8, 4) is 0 Å². The van der Waals surface area contributed by atoms with Crippen LogP contribution in [0.3, 0.4) is 0 Å². The van der Waals surface area contributed by atoms with Crippen LogP contribution < -0.4 is 5.73 Å². The lowest BCUT2D eigenvalue weighted by Gasteiger charge is -2.43. The second-order valence-electron chi connectivity index (χ2n) is 5.09. The van der Waals surface area contributed by atoms with E-state index in [1.54, 1.807) is 31.2 Å². The minimum Gasteiger partial charge on any atom is -0.477 e. The number of carbonyl (C=O) groups excluding carboxylic acids is 1. The molecule has 110 valence electrons. The van der Waals surface area contributed by atoms with Gasteiger partial charge in [0, 0.05) is 10.6 Å². The molecule has 0 spiro atoms. The van der Waals surface area contributed by atoms with E-state index < -0.39 is 18.0 Å². The van der Waals surface area contributed by atoms with Crippen LogP contribution in [0.2, 0.25) is 0 Å². The van der Waals surface area contributed by atoms with Gasteiger partial charge in [-0.1, -0.05) is 23.9 Å². The highest BCUT2D eigenvalue weighted by Crippen LogP contribution is 2.53. The van der Waals surface area contributed by atoms with Gasteiger partial charge < -0.3 is 15.9 Å². The third-order valence-electron chi connectivity index (χ3n) is 3.67. The first-order valence-electron chi connectivity index (χ1n) is 6.43. The second-order valence-corrected chi connectivity index (χ2v) is 6.21. The first-order valence-corrected chi connectivity index (χ1v) is 7.31. The quantitative estimate of drug-likeness (QED) is 0.567. The number of thioether (sulfide) groups is 1. The molecule has 3 rings (SSSR count). The van der Waals surface area contributed by atoms with Crippen molar-refractivity contribution in [3.05, 3.63) is 35.5 Å². The lowest BCUT2D eigenvalue weighted by Crippen LogP contribution is -2.60. The van der Waals surface area contributed by atoms with E-state index in [2.05, 4.69) is 0 Å². The number of benzene rings is 1. The summed E-state index contributed by atoms with van der Waals surface area (Å²) in [6.45, 7) is 1.54. The van der Waals surface area contributed by atoms with E-state index in [0.717, 1.165) is 0 Å². The Balaban J connectivity index is 2.02. The van der Waals surface area contributed by atoms with Gasteiger partial charge >= 0.3 is 5.97 Å². The number of carboxylic acids is 1. The molecule has 3 atom stereocenters. The molecule has 1 unspecified atom stereocenters. The number of hydrogen-bond acceptors (Lipinski definition) is 5. The van der Waals surface area contributed by atoms with Crippen LogP contribution >= 0.6 is 11.8 Å². The molecule has 1 fully saturated rings. The predicted octanol–water partition coefficient (Wildman–Crippen LogP) is 0.934. The SMILES string of the molecule is C[C@@H](O)[C@H]1C(=O)N2C(C(=O)O)=C(c3ccc(N)cc3)SC12. The molecule has 0 radical (unpaired) electrons. The van der Waals surface area contributed by atoms with Crippen LogP contribution in [0.15, 0.2) is 30.0 Å². The van der Waals surface area contributed by atoms with Crippen LogP contribution in [0, 0.1) is 5.92 Å². The molecule has 2 heterocycles. The van der Waals surface area contributed by atoms with Gasteiger partial charge in [0.15, 0.2) is 0 Å². The number of nitrogen functional groups attached to an aromatic ring is 1. The first kappa shape index (κ1) is 14.0. The van der Waals surface area contributed by atoms with Crippen LogP contribution in [0.4, 0.5) is 5.69 Å². The molecule has 2 aliphatic rings. The third kappa shape index (κ3) is 2.00. The Bertz CT molecular complexity index is 653. The summed E-state index contributed by atoms with van der Waals surface area (Å²) in [5, 5.41) is 18.7. The summed E-state index contributed by atoms with van der Waals surface area (Å²) in [6, 6.07) is 6.83. The molecule has 0 saturated carbocycles. The zero-order chi connectivity index (χ0) is 15.3. The van der Waals surface area contributed by atoms with Crippen molar-refractivity contribution in [3.63, 3.8) is 0 Å². The van der Waals surface area contributed by atoms with Crippen molar-refractivity contribution in [2.75, 3.05) is 5.73 Å². The summed E-state index contributed by atoms with van der Waals surface area (Å²) in [5.41, 5.74) is 6.91. The Morgan fingerprint density at radius 1 is 1.38 bits per heavy atom. The fraction of sp³-hybridized carbons (Fsp3) is 0.286. The lowest BCUT2D eigenvalue weighted by molar-refractivity contribution is -0.156. The third-order valence-corrected chi connectivity index (χ3v) is 5.08. The monoisotopic (exact) mass is 306 g/mol. The molecule has 0 aliphatic carbocycles. The van der Waals surface area contributed by atoms with Gasteiger partial charge in [-0.2, -0.15) is 0 Å². The van der Waals surface area contributed by atoms with E-state index in [1.807, 2.05) is 0 Å². The average molecular weight is 306 g/mol. The zero-order valence-electron chi connectivity index (χ0n) is 11.2. The number of aliphatic carboxylic acids is 1. The van der Waals surface area contributed by atoms with Crippen molar-refractivity contribution in [2.45, 2.75) is 18.4 Å². The van der Waals surface area contributed by atoms with Crippen LogP contribution in [0.5, 0.6) is 0 Å². The number of carboxylic acid groups (broad SMARTS) is 1. The number of aliphatic hydroxyl groups excluding tert-OH is 1. The number of amides is 1. The molecule has 7 heteroatoms. The highest BCUT2D eigenvalue weighted by molar-refractivity contribution is 8.09. The fourth-order valence-electron chi connectivity index (χ4n) is 2.62. The molecule has 0 aromatic heterocycles. The Hall–Kier alpha value is -1.99. The zero-order valence-corrected chi connectivity index (χ0v) is 12.0. The summed E-state index contributed by atoms with van der Waals surface area (Å²) in [5.74, 6) is -2.05. The molecule has 1 aromatic rings. The summed E-state index contributed by atoms with van der Waals surface area (Å²) >= 11 is 1.30. The van der Waals surface area contributed by atoms with Gasteiger partial charge in [0.05, 0.1) is 12.0 Å². The number of β-lactam (4-membered cyclic amide) rings is 1. The minimum atomic E-state index is -1.14. The van der Waals surface area contributed by atoms with Crippen molar-refractivity contribution < 1.29 is 19.8 Å². The number of nitrogens with two attached hydrogens (primary N) is 1. The summed E-state index contributed by atoms with van der Waals surface area (Å²) < 4.78 is 0. The normalized spacial score (nSPS) is 25.6. The maximum absolute atomic E-state index is 12.1. The Morgan fingerprint density at radius 2 is 2.00 bits per heavy atom. The Kier molecular flexibility index (Phi) is 3.18. The van der Waals surface area contributed by atoms with E-state index in [4.69, 9.17) is 5.73 Å². The molecule has 1 aromatic carbocycles. The Labute approximate surface area is 125 Å². The summed E-state index contributed by atoms with van der Waals surface area (Å²) in [7, 11) is 0. The van der Waals surface area contributed by atoms with Gasteiger partial charge in [0.2, 0.25) is 5.91 Å². The van der Waals surface area contributed by atoms with Crippen LogP contribution in [0.25, 0.3) is 4.91 Å². The summed E-state index contributed by atoms with van der Waals surface area (Å²) in [6.07, 6.45) is -0.799. The first-order chi connectivity index (χ1) is 9.91. The van der Waals surface area contributed by atoms with E-state index in [-0.39, 0.29) is 17.0 Å². The highest BCUT2D eigenvalue weighted by Gasteiger charge is 2.57. The van der Waals surface area contributed by atoms with Crippen molar-refractivity contribution >= 4 is 34.2 Å². The number of fused-ring (bicyclic) bond motifs is 1. The van der Waals surface area contributed by atoms with E-state index in [9.17, 15) is 19.8 Å². The molecule has 1 saturated heterocycles. The van der Waals surface area contributed by atoms with Gasteiger partial charge in [0.25, 0.3) is 0 Å². The van der Waals surface area contributed by atoms with Gasteiger partial charge in [0.1, 0.15) is 11.1 Å². The molecule has 2 aliphatic heterocycles. The number of anilines is 1. The number of aliphatic hydroxyl groups is 1. The van der Waals surface area contributed by atoms with Gasteiger partial charge in [-0.25, -0.2) is 4.79 Å². The van der Waals surface area contributed by atoms with Crippen LogP contribution in [-0.4, -0.2) is 38.5 Å². The van der Waals surface area contributed by atoms with Crippen LogP contribution in [-0.2, 0) is 9.59 Å². The number of carbonyl (C=O) groups is 2. The minimum absolute atomic E-state index is 0.0170. The molecular weight excluding hydrogens is 292 g/mol. The number of hydrogen-bond donors (Lipinski definition) is 3. The number of nitrogens with zero attached hydrogens (tertiary/aromatic N) is 1. The fourth-order valence-corrected chi connectivity index (χ4v) is 4.24. The predicted molar refractivity (Wildman–Crippen MR) is 78.8 cm³/mol. The molecule has 0 bridgehead atoms. The lowest BCUT2D eigenvalue weighted by atomic mass is 9.92. The standard InChI is InChI=1S/C14H14N2O4S/c1-6(17)9-12(18)16-10(14(19)20)11(21-13(9)16)7-2-4-8(15)5-3-7/h2-6,9,13,17H,15H2,1H3,(H,19,20)/t6-,9+,13?/m1/s1. The maximum atomic E-state index is 12.1. The molecular formula is C14H14N2O4S. The summed E-state index contributed by atoms with van der Waals surface area (Å²) in [4.78, 5) is 25.4. The van der Waals surface area contributed by atoms with E-state index in [1.165, 1.54) is 16.7 Å². The molecule has 1 amide bonds.